The molecule has 1 N–H and O–H groups in total. The summed E-state index contributed by atoms with van der Waals surface area (Å²) in [7, 11) is 0. The molecule has 0 saturated carbocycles. The van der Waals surface area contributed by atoms with Gasteiger partial charge < -0.3 is 0 Å². The first-order valence-corrected chi connectivity index (χ1v) is 2.66. The number of halogens is 1. The molecule has 0 aromatic carbocycles. The molecule has 40 valence electrons. The molecule has 0 aromatic heterocycles. The quantitative estimate of drug-likeness (QED) is 0.540. The second-order valence-corrected chi connectivity index (χ2v) is 2.12. The lowest BCUT2D eigenvalue weighted by molar-refractivity contribution is 1.44. The lowest BCUT2D eigenvalue weighted by Gasteiger charge is -1.77. The second-order valence-electron chi connectivity index (χ2n) is 1.12. The predicted octanol–water partition coefficient (Wildman–Crippen LogP) is 2.04. The van der Waals surface area contributed by atoms with E-state index in [0.29, 0.717) is 0 Å². The van der Waals surface area contributed by atoms with Gasteiger partial charge in [-0.1, -0.05) is 17.8 Å². The Morgan fingerprint density at radius 1 is 1.71 bits per heavy atom. The molecule has 7 heavy (non-hydrogen) atoms. The monoisotopic (exact) mass is 135 g/mol. The molecule has 0 spiro atoms. The molecule has 1 aliphatic heterocycles. The van der Waals surface area contributed by atoms with Crippen molar-refractivity contribution in [2.75, 3.05) is 0 Å². The van der Waals surface area contributed by atoms with Crippen LogP contribution in [0.25, 0.3) is 0 Å². The average Bonchev–Trinajstić information content (AvgIpc) is 1.86. The van der Waals surface area contributed by atoms with E-state index in [2.05, 4.69) is 0 Å². The van der Waals surface area contributed by atoms with E-state index in [1.807, 2.05) is 11.5 Å². The van der Waals surface area contributed by atoms with Gasteiger partial charge in [-0.2, -0.15) is 0 Å². The third-order valence-corrected chi connectivity index (χ3v) is 1.39. The van der Waals surface area contributed by atoms with Crippen molar-refractivity contribution in [1.82, 2.24) is 0 Å². The van der Waals surface area contributed by atoms with E-state index in [1.165, 1.54) is 11.8 Å². The van der Waals surface area contributed by atoms with Gasteiger partial charge >= 0.3 is 0 Å². The molecule has 0 amide bonds. The molecule has 1 aliphatic rings. The lowest BCUT2D eigenvalue weighted by atomic mass is 10.5. The fourth-order valence-corrected chi connectivity index (χ4v) is 0.883. The highest BCUT2D eigenvalue weighted by molar-refractivity contribution is 8.16. The van der Waals surface area contributed by atoms with Gasteiger partial charge in [0.25, 0.3) is 0 Å². The van der Waals surface area contributed by atoms with E-state index >= 15 is 0 Å². The number of hydrogen-bond acceptors (Lipinski definition) is 2. The second kappa shape index (κ2) is 3.10. The Hall–Kier alpha value is 0.0500. The molecule has 1 heterocycles. The van der Waals surface area contributed by atoms with Crippen LogP contribution in [0.15, 0.2) is 11.5 Å². The minimum atomic E-state index is 0. The van der Waals surface area contributed by atoms with Gasteiger partial charge in [0.15, 0.2) is 0 Å². The van der Waals surface area contributed by atoms with Gasteiger partial charge in [-0.05, 0) is 5.41 Å². The normalized spacial score (nSPS) is 16.9. The highest BCUT2D eigenvalue weighted by atomic mass is 35.5. The topological polar surface area (TPSA) is 23.9 Å². The van der Waals surface area contributed by atoms with Crippen LogP contribution in [0.4, 0.5) is 0 Å². The van der Waals surface area contributed by atoms with E-state index < -0.39 is 0 Å². The Morgan fingerprint density at radius 2 is 2.43 bits per heavy atom. The van der Waals surface area contributed by atoms with Crippen molar-refractivity contribution in [2.45, 2.75) is 6.42 Å². The fraction of sp³-hybridized carbons (Fsp3) is 0.250. The molecule has 0 atom stereocenters. The van der Waals surface area contributed by atoms with Crippen molar-refractivity contribution in [2.24, 2.45) is 0 Å². The van der Waals surface area contributed by atoms with Crippen LogP contribution < -0.4 is 0 Å². The Labute approximate surface area is 53.1 Å². The van der Waals surface area contributed by atoms with Gasteiger partial charge in [-0.25, -0.2) is 0 Å². The summed E-state index contributed by atoms with van der Waals surface area (Å²) in [5.74, 6) is 0. The SMILES string of the molecule is Cl.N=C1CC=CS1. The maximum Gasteiger partial charge on any atom is 0.0721 e. The molecule has 0 radical (unpaired) electrons. The Morgan fingerprint density at radius 3 is 2.57 bits per heavy atom. The zero-order chi connectivity index (χ0) is 4.41. The largest absolute Gasteiger partial charge is 0.298 e. The van der Waals surface area contributed by atoms with E-state index in [1.54, 1.807) is 0 Å². The smallest absolute Gasteiger partial charge is 0.0721 e. The van der Waals surface area contributed by atoms with Gasteiger partial charge in [-0.15, -0.1) is 12.4 Å². The van der Waals surface area contributed by atoms with E-state index in [-0.39, 0.29) is 12.4 Å². The van der Waals surface area contributed by atoms with Gasteiger partial charge in [0.05, 0.1) is 5.04 Å². The number of nitrogens with one attached hydrogen (secondary N) is 1. The standard InChI is InChI=1S/C4H5NS.ClH/c5-4-2-1-3-6-4;/h1,3,5H,2H2;1H. The third kappa shape index (κ3) is 2.00. The Kier molecular flexibility index (Phi) is 3.13. The molecule has 0 unspecified atom stereocenters. The zero-order valence-corrected chi connectivity index (χ0v) is 5.31. The molecule has 0 aromatic rings. The van der Waals surface area contributed by atoms with Crippen LogP contribution in [0.2, 0.25) is 0 Å². The number of rotatable bonds is 0. The first-order valence-electron chi connectivity index (χ1n) is 1.78. The van der Waals surface area contributed by atoms with Crippen molar-refractivity contribution in [3.05, 3.63) is 11.5 Å². The van der Waals surface area contributed by atoms with Gasteiger partial charge in [0.1, 0.15) is 0 Å². The molecule has 0 bridgehead atoms. The predicted molar refractivity (Wildman–Crippen MR) is 36.3 cm³/mol. The summed E-state index contributed by atoms with van der Waals surface area (Å²) < 4.78 is 0. The first kappa shape index (κ1) is 7.05. The summed E-state index contributed by atoms with van der Waals surface area (Å²) in [6, 6.07) is 0. The minimum Gasteiger partial charge on any atom is -0.298 e. The van der Waals surface area contributed by atoms with E-state index in [9.17, 15) is 0 Å². The summed E-state index contributed by atoms with van der Waals surface area (Å²) in [6.45, 7) is 0. The summed E-state index contributed by atoms with van der Waals surface area (Å²) in [6.07, 6.45) is 2.84. The summed E-state index contributed by atoms with van der Waals surface area (Å²) >= 11 is 1.50. The molecule has 1 rings (SSSR count). The van der Waals surface area contributed by atoms with Gasteiger partial charge in [-0.3, -0.25) is 5.41 Å². The molecule has 0 saturated heterocycles. The van der Waals surface area contributed by atoms with Crippen molar-refractivity contribution < 1.29 is 0 Å². The minimum absolute atomic E-state index is 0. The maximum atomic E-state index is 6.95. The fourth-order valence-electron chi connectivity index (χ4n) is 0.334. The van der Waals surface area contributed by atoms with Crippen molar-refractivity contribution in [3.63, 3.8) is 0 Å². The highest BCUT2D eigenvalue weighted by Crippen LogP contribution is 2.14. The van der Waals surface area contributed by atoms with E-state index in [0.717, 1.165) is 11.5 Å². The number of hydrogen-bond donors (Lipinski definition) is 1. The molecule has 0 fully saturated rings. The molecule has 1 nitrogen and oxygen atoms in total. The van der Waals surface area contributed by atoms with Gasteiger partial charge in [0.2, 0.25) is 0 Å². The van der Waals surface area contributed by atoms with Crippen molar-refractivity contribution >= 4 is 29.2 Å². The summed E-state index contributed by atoms with van der Waals surface area (Å²) in [4.78, 5) is 0. The summed E-state index contributed by atoms with van der Waals surface area (Å²) in [5.41, 5.74) is 0. The van der Waals surface area contributed by atoms with Crippen LogP contribution in [0.5, 0.6) is 0 Å². The number of thioether (sulfide) groups is 1. The first-order chi connectivity index (χ1) is 2.89. The van der Waals surface area contributed by atoms with Crippen molar-refractivity contribution in [1.29, 1.82) is 5.41 Å². The molecule has 0 aliphatic carbocycles. The van der Waals surface area contributed by atoms with Gasteiger partial charge in [0, 0.05) is 6.42 Å². The Balaban J connectivity index is 0.000000360. The van der Waals surface area contributed by atoms with Crippen LogP contribution in [0.1, 0.15) is 6.42 Å². The number of allylic oxidation sites excluding steroid dienone is 1. The highest BCUT2D eigenvalue weighted by Gasteiger charge is 1.95. The maximum absolute atomic E-state index is 6.95. The average molecular weight is 136 g/mol. The molecule has 3 heteroatoms. The van der Waals surface area contributed by atoms with Crippen molar-refractivity contribution in [3.8, 4) is 0 Å². The lowest BCUT2D eigenvalue weighted by Crippen LogP contribution is -1.73. The van der Waals surface area contributed by atoms with Crippen LogP contribution in [0.3, 0.4) is 0 Å². The van der Waals surface area contributed by atoms with Crippen LogP contribution >= 0.6 is 24.2 Å². The zero-order valence-electron chi connectivity index (χ0n) is 3.68. The van der Waals surface area contributed by atoms with Crippen LogP contribution in [-0.4, -0.2) is 5.04 Å². The summed E-state index contributed by atoms with van der Waals surface area (Å²) in [5, 5.41) is 9.66. The van der Waals surface area contributed by atoms with E-state index in [4.69, 9.17) is 5.41 Å². The van der Waals surface area contributed by atoms with Crippen LogP contribution in [0, 0.1) is 5.41 Å². The molecular formula is C4H6ClNS. The van der Waals surface area contributed by atoms with Crippen LogP contribution in [-0.2, 0) is 0 Å². The third-order valence-electron chi connectivity index (χ3n) is 0.610. The molecular weight excluding hydrogens is 130 g/mol. The Bertz CT molecular complexity index is 89.9.